The Kier molecular flexibility index (Phi) is 39.0. The van der Waals surface area contributed by atoms with Gasteiger partial charge in [-0.05, 0) is 13.8 Å². The van der Waals surface area contributed by atoms with Crippen LogP contribution >= 0.6 is 7.60 Å². The third-order valence-electron chi connectivity index (χ3n) is 22.8. The highest BCUT2D eigenvalue weighted by Crippen LogP contribution is 2.65. The van der Waals surface area contributed by atoms with Crippen LogP contribution in [0.15, 0.2) is 0 Å². The molecule has 0 aromatic carbocycles. The lowest BCUT2D eigenvalue weighted by Gasteiger charge is -2.52. The molecular weight excluding hydrogens is 1580 g/mol. The van der Waals surface area contributed by atoms with Crippen molar-refractivity contribution < 1.29 is 189 Å². The molecule has 22 aliphatic rings. The number of methoxy groups -OCH3 is 20. The molecule has 21 saturated heterocycles. The van der Waals surface area contributed by atoms with Gasteiger partial charge in [0.2, 0.25) is 0 Å². The number of hydrogen-bond acceptors (Lipinski definition) is 40. The fraction of sp³-hybridized carbons (Fsp3) is 0.973. The van der Waals surface area contributed by atoms with E-state index in [2.05, 4.69) is 5.32 Å². The van der Waals surface area contributed by atoms with Crippen LogP contribution in [-0.4, -0.2) is 445 Å². The van der Waals surface area contributed by atoms with Crippen molar-refractivity contribution in [1.82, 2.24) is 5.32 Å². The molecule has 0 aromatic rings. The predicted molar refractivity (Wildman–Crippen MR) is 394 cm³/mol. The summed E-state index contributed by atoms with van der Waals surface area (Å²) >= 11 is 0. The van der Waals surface area contributed by atoms with Crippen LogP contribution in [-0.2, 0) is 179 Å². The van der Waals surface area contributed by atoms with Crippen LogP contribution in [0.3, 0.4) is 0 Å². The third kappa shape index (κ3) is 20.9. The lowest BCUT2D eigenvalue weighted by atomic mass is 9.94. The number of ether oxygens (including phenoxy) is 35. The van der Waals surface area contributed by atoms with E-state index in [0.717, 1.165) is 0 Å². The molecule has 22 rings (SSSR count). The van der Waals surface area contributed by atoms with E-state index in [9.17, 15) is 14.6 Å². The van der Waals surface area contributed by atoms with E-state index in [1.807, 2.05) is 0 Å². The largest absolute Gasteiger partial charge is 0.623 e. The summed E-state index contributed by atoms with van der Waals surface area (Å²) in [7, 11) is 25.2. The minimum Gasteiger partial charge on any atom is -0.623 e. The lowest BCUT2D eigenvalue weighted by Crippen LogP contribution is -2.69. The number of nitrogens with one attached hydrogen (secondary N) is 1. The summed E-state index contributed by atoms with van der Waals surface area (Å²) in [6.07, 6.45) is -39.6. The molecule has 21 fully saturated rings. The number of hydroxylamine groups is 1. The van der Waals surface area contributed by atoms with E-state index >= 15 is 0 Å². The molecule has 14 bridgehead atoms. The van der Waals surface area contributed by atoms with Crippen LogP contribution in [0.25, 0.3) is 0 Å². The summed E-state index contributed by atoms with van der Waals surface area (Å²) in [5.41, 5.74) is 0. The second kappa shape index (κ2) is 46.5. The zero-order valence-electron chi connectivity index (χ0n) is 70.9. The molecule has 676 valence electrons. The summed E-state index contributed by atoms with van der Waals surface area (Å²) in [6.45, 7) is 3.18. The monoisotopic (exact) mass is 1700 g/mol. The zero-order valence-corrected chi connectivity index (χ0v) is 71.8. The van der Waals surface area contributed by atoms with E-state index < -0.39 is 253 Å². The average Bonchev–Trinajstić information content (AvgIpc) is 1.59. The molecule has 0 unspecified atom stereocenters. The van der Waals surface area contributed by atoms with Gasteiger partial charge in [-0.25, -0.2) is 4.79 Å². The van der Waals surface area contributed by atoms with Crippen LogP contribution in [0.4, 0.5) is 4.79 Å². The summed E-state index contributed by atoms with van der Waals surface area (Å²) in [6, 6.07) is 0. The minimum absolute atomic E-state index is 0.0305. The number of rotatable bonds is 35. The molecule has 0 aliphatic carbocycles. The maximum atomic E-state index is 14.4. The molecule has 1 amide bonds. The molecular formula is C73H129N2O40P. The Morgan fingerprint density at radius 3 is 0.750 bits per heavy atom. The molecule has 0 aromatic heterocycles. The van der Waals surface area contributed by atoms with E-state index in [-0.39, 0.29) is 59.3 Å². The molecule has 22 heterocycles. The molecule has 116 heavy (non-hydrogen) atoms. The third-order valence-corrected chi connectivity index (χ3v) is 25.6. The normalized spacial score (nSPS) is 43.4. The van der Waals surface area contributed by atoms with Crippen LogP contribution in [0.1, 0.15) is 27.2 Å². The van der Waals surface area contributed by atoms with Gasteiger partial charge in [-0.15, -0.1) is 0 Å². The fourth-order valence-electron chi connectivity index (χ4n) is 17.1. The summed E-state index contributed by atoms with van der Waals surface area (Å²) in [4.78, 5) is 14.4. The van der Waals surface area contributed by atoms with Gasteiger partial charge in [-0.1, -0.05) is 0 Å². The second-order valence-corrected chi connectivity index (χ2v) is 31.3. The highest BCUT2D eigenvalue weighted by Gasteiger charge is 2.65. The summed E-state index contributed by atoms with van der Waals surface area (Å²) < 4.78 is 254. The molecule has 42 nitrogen and oxygen atoms in total. The topological polar surface area (TPSA) is 414 Å². The average molecular weight is 1710 g/mol. The number of nitrogens with zero attached hydrogens (tertiary/aromatic N) is 1. The molecule has 0 spiro atoms. The second-order valence-electron chi connectivity index (χ2n) is 28.9. The Hall–Kier alpha value is -2.47. The van der Waals surface area contributed by atoms with Gasteiger partial charge in [0, 0.05) is 162 Å². The maximum absolute atomic E-state index is 14.4. The molecule has 0 saturated carbocycles. The summed E-state index contributed by atoms with van der Waals surface area (Å²) in [5, 5.41) is 14.6. The Morgan fingerprint density at radius 1 is 0.345 bits per heavy atom. The quantitative estimate of drug-likeness (QED) is 0.0502. The van der Waals surface area contributed by atoms with Crippen molar-refractivity contribution in [3.05, 3.63) is 5.21 Å². The Bertz CT molecular complexity index is 2910. The predicted octanol–water partition coefficient (Wildman–Crippen LogP) is 0.169. The molecule has 43 heteroatoms. The SMILES string of the molecule is CCOP(=O)(OCC)[C@@]1(C)[C@@H](COC(=O)NC[C@H]2O[C@@H]3O[C@H]4[C@H](OC)[C@@H](OC)[C@@H](O[C@H]5[C@H](OC)[C@@H](OC)[C@@H](O[C@H]6[C@H](OC)[C@@H](OC)[C@@H](O[C@H]7[C@H](OC)[C@@H](OC)[C@@H](O[C@H]8[C@H](OC)[C@@H](OC)[C@@H](O[C@H]9[C@H](OC)[C@@H](OC)[C@@H](O[C@H]2[C@H](OC)[C@H]3OC)O[C@@H]9COC)O[C@@H]8COC)O[C@@H]7COC)O[C@@H]6COC)O[C@@H]5COC)O[C@@H]4COC)CC=[N+]1[O-]. The van der Waals surface area contributed by atoms with Gasteiger partial charge in [0.05, 0.1) is 58.8 Å². The van der Waals surface area contributed by atoms with Crippen molar-refractivity contribution in [2.45, 2.75) is 247 Å². The number of hydrogen-bond donors (Lipinski definition) is 1. The van der Waals surface area contributed by atoms with Gasteiger partial charge in [0.25, 0.3) is 5.28 Å². The fourth-order valence-corrected chi connectivity index (χ4v) is 19.4. The van der Waals surface area contributed by atoms with Crippen molar-refractivity contribution in [2.24, 2.45) is 5.92 Å². The highest BCUT2D eigenvalue weighted by atomic mass is 31.2. The lowest BCUT2D eigenvalue weighted by molar-refractivity contribution is -0.515. The first-order chi connectivity index (χ1) is 56.1. The first-order valence-corrected chi connectivity index (χ1v) is 40.3. The van der Waals surface area contributed by atoms with Crippen molar-refractivity contribution >= 4 is 19.9 Å². The summed E-state index contributed by atoms with van der Waals surface area (Å²) in [5.74, 6) is -0.862. The highest BCUT2D eigenvalue weighted by molar-refractivity contribution is 7.55. The van der Waals surface area contributed by atoms with E-state index in [4.69, 9.17) is 175 Å². The number of alkyl carbamates (subject to hydrolysis) is 1. The van der Waals surface area contributed by atoms with Crippen LogP contribution in [0, 0.1) is 11.1 Å². The zero-order chi connectivity index (χ0) is 84.3. The Labute approximate surface area is 678 Å². The van der Waals surface area contributed by atoms with E-state index in [1.165, 1.54) is 155 Å². The smallest absolute Gasteiger partial charge is 0.407 e. The van der Waals surface area contributed by atoms with Crippen LogP contribution < -0.4 is 5.32 Å². The van der Waals surface area contributed by atoms with Crippen molar-refractivity contribution in [3.8, 4) is 0 Å². The van der Waals surface area contributed by atoms with Gasteiger partial charge in [0.1, 0.15) is 178 Å². The number of amides is 1. The van der Waals surface area contributed by atoms with Gasteiger partial charge >= 0.3 is 13.7 Å². The molecule has 37 atom stereocenters. The Balaban J connectivity index is 1.14. The van der Waals surface area contributed by atoms with Gasteiger partial charge in [-0.2, -0.15) is 4.74 Å². The molecule has 0 radical (unpaired) electrons. The van der Waals surface area contributed by atoms with E-state index in [1.54, 1.807) is 13.8 Å². The molecule has 22 aliphatic heterocycles. The maximum Gasteiger partial charge on any atom is 0.407 e. The van der Waals surface area contributed by atoms with Crippen LogP contribution in [0.2, 0.25) is 0 Å². The minimum atomic E-state index is -4.16. The number of carbonyl (C=O) groups is 1. The van der Waals surface area contributed by atoms with Gasteiger partial charge in [-0.3, -0.25) is 4.57 Å². The van der Waals surface area contributed by atoms with E-state index in [0.29, 0.717) is 4.74 Å². The first kappa shape index (κ1) is 97.3. The van der Waals surface area contributed by atoms with Gasteiger partial charge in [0.15, 0.2) is 50.2 Å². The molecule has 1 N–H and O–H groups in total. The van der Waals surface area contributed by atoms with Gasteiger partial charge < -0.3 is 185 Å². The van der Waals surface area contributed by atoms with Crippen molar-refractivity contribution in [1.29, 1.82) is 0 Å². The van der Waals surface area contributed by atoms with Crippen molar-refractivity contribution in [3.63, 3.8) is 0 Å². The number of carbonyl (C=O) groups excluding carboxylic acids is 1. The first-order valence-electron chi connectivity index (χ1n) is 38.7. The Morgan fingerprint density at radius 2 is 0.552 bits per heavy atom. The van der Waals surface area contributed by atoms with Crippen LogP contribution in [0.5, 0.6) is 0 Å². The standard InChI is InChI=1S/C73H129N2O40P/c1-24-100-116(78,101-25-2)73(3)36(26-27-75(73)77)29-99-72(76)74-28-37-44-51(85-10)58(92-17)65(102-37)110-45-38(30-79-4)104-67(60(94-19)52(45)86-11)112-47-40(32-81-6)106-69(62(96-21)54(47)88-13)114-49-42(34-83-8)108-71(64(98-23)56(49)90-15)115-50-43(35-84-9)107-70(63(97-22)57(50)91-16)113-48-41(33-82-7)105-68(61(95-20)55(48)89-14)111-46-39(31-80-5)103-66(109-44)59(93-18)53(46)87-12/h27,36-71H,24-26,28-35H2,1-23H3,(H,74,76)/t36-,37-,38-,39-,40-,41-,42-,43-,44-,45-,46-,47-,48-,49-,50-,51+,52+,53+,54+,55+,56+,57+,58-,59-,60-,61-,62-,63-,64-,65-,66-,67-,68-,69-,70-,71-,73+/m1/s1. The van der Waals surface area contributed by atoms with Crippen molar-refractivity contribution in [2.75, 3.05) is 208 Å².